The fraction of sp³-hybridized carbons (Fsp3) is 0.286. The quantitative estimate of drug-likeness (QED) is 0.943. The molecular formula is C14H16FN3O2S. The molecule has 0 aliphatic rings. The number of amides is 2. The summed E-state index contributed by atoms with van der Waals surface area (Å²) in [4.78, 5) is 17.9. The topological polar surface area (TPSA) is 54.5 Å². The van der Waals surface area contributed by atoms with Crippen LogP contribution in [0.2, 0.25) is 0 Å². The van der Waals surface area contributed by atoms with Crippen LogP contribution in [0.4, 0.5) is 14.9 Å². The Morgan fingerprint density at radius 2 is 2.29 bits per heavy atom. The number of ether oxygens (including phenoxy) is 1. The highest BCUT2D eigenvalue weighted by atomic mass is 32.1. The van der Waals surface area contributed by atoms with Crippen LogP contribution in [0.15, 0.2) is 23.6 Å². The number of hydrogen-bond donors (Lipinski definition) is 1. The van der Waals surface area contributed by atoms with E-state index in [4.69, 9.17) is 4.74 Å². The Bertz CT molecular complexity index is 645. The summed E-state index contributed by atoms with van der Waals surface area (Å²) in [5.74, 6) is -0.141. The lowest BCUT2D eigenvalue weighted by atomic mass is 10.3. The summed E-state index contributed by atoms with van der Waals surface area (Å²) >= 11 is 1.54. The molecular weight excluding hydrogens is 293 g/mol. The first-order valence-electron chi connectivity index (χ1n) is 6.26. The summed E-state index contributed by atoms with van der Waals surface area (Å²) in [6, 6.07) is 3.64. The molecule has 0 aliphatic carbocycles. The number of urea groups is 1. The van der Waals surface area contributed by atoms with Crippen molar-refractivity contribution in [3.63, 3.8) is 0 Å². The first kappa shape index (κ1) is 15.2. The van der Waals surface area contributed by atoms with Gasteiger partial charge in [0.25, 0.3) is 0 Å². The molecule has 0 spiro atoms. The predicted molar refractivity (Wildman–Crippen MR) is 80.3 cm³/mol. The predicted octanol–water partition coefficient (Wildman–Crippen LogP) is 3.26. The van der Waals surface area contributed by atoms with Crippen LogP contribution in [-0.4, -0.2) is 30.1 Å². The number of anilines is 1. The van der Waals surface area contributed by atoms with Gasteiger partial charge in [-0.2, -0.15) is 0 Å². The SMILES string of the molecule is COc1cc(F)ccc1NC(=O)N(C)Cc1csc(C)n1. The van der Waals surface area contributed by atoms with Gasteiger partial charge in [0.15, 0.2) is 0 Å². The summed E-state index contributed by atoms with van der Waals surface area (Å²) in [6.45, 7) is 2.32. The number of nitrogens with one attached hydrogen (secondary N) is 1. The zero-order valence-electron chi connectivity index (χ0n) is 12.0. The third kappa shape index (κ3) is 3.91. The van der Waals surface area contributed by atoms with Crippen LogP contribution < -0.4 is 10.1 Å². The van der Waals surface area contributed by atoms with E-state index < -0.39 is 5.82 Å². The summed E-state index contributed by atoms with van der Waals surface area (Å²) in [5, 5.41) is 5.56. The standard InChI is InChI=1S/C14H16FN3O2S/c1-9-16-11(8-21-9)7-18(2)14(19)17-12-5-4-10(15)6-13(12)20-3/h4-6,8H,7H2,1-3H3,(H,17,19). The van der Waals surface area contributed by atoms with E-state index in [0.717, 1.165) is 10.7 Å². The second kappa shape index (κ2) is 6.53. The molecule has 0 saturated heterocycles. The number of hydrogen-bond acceptors (Lipinski definition) is 4. The molecule has 0 saturated carbocycles. The van der Waals surface area contributed by atoms with Crippen molar-refractivity contribution >= 4 is 23.1 Å². The van der Waals surface area contributed by atoms with Crippen molar-refractivity contribution in [1.29, 1.82) is 0 Å². The molecule has 2 aromatic rings. The van der Waals surface area contributed by atoms with Crippen molar-refractivity contribution in [2.45, 2.75) is 13.5 Å². The average molecular weight is 309 g/mol. The second-order valence-electron chi connectivity index (χ2n) is 4.49. The normalized spacial score (nSPS) is 10.3. The molecule has 1 heterocycles. The van der Waals surface area contributed by atoms with E-state index in [-0.39, 0.29) is 11.8 Å². The van der Waals surface area contributed by atoms with E-state index in [1.807, 2.05) is 12.3 Å². The van der Waals surface area contributed by atoms with E-state index in [1.165, 1.54) is 41.5 Å². The number of thiazole rings is 1. The molecule has 0 atom stereocenters. The van der Waals surface area contributed by atoms with E-state index in [2.05, 4.69) is 10.3 Å². The Balaban J connectivity index is 2.03. The van der Waals surface area contributed by atoms with Crippen molar-refractivity contribution in [3.8, 4) is 5.75 Å². The molecule has 2 rings (SSSR count). The maximum atomic E-state index is 13.1. The molecule has 0 aliphatic heterocycles. The van der Waals surface area contributed by atoms with Crippen LogP contribution in [0, 0.1) is 12.7 Å². The van der Waals surface area contributed by atoms with E-state index >= 15 is 0 Å². The molecule has 0 bridgehead atoms. The number of rotatable bonds is 4. The molecule has 1 aromatic heterocycles. The van der Waals surface area contributed by atoms with Gasteiger partial charge in [0.2, 0.25) is 0 Å². The number of aromatic nitrogens is 1. The Morgan fingerprint density at radius 1 is 1.52 bits per heavy atom. The molecule has 5 nitrogen and oxygen atoms in total. The second-order valence-corrected chi connectivity index (χ2v) is 5.55. The Hall–Kier alpha value is -2.15. The van der Waals surface area contributed by atoms with Crippen LogP contribution in [0.3, 0.4) is 0 Å². The number of aryl methyl sites for hydroxylation is 1. The van der Waals surface area contributed by atoms with Crippen molar-refractivity contribution in [1.82, 2.24) is 9.88 Å². The smallest absolute Gasteiger partial charge is 0.322 e. The fourth-order valence-corrected chi connectivity index (χ4v) is 2.38. The third-order valence-electron chi connectivity index (χ3n) is 2.82. The van der Waals surface area contributed by atoms with Crippen molar-refractivity contribution in [2.75, 3.05) is 19.5 Å². The van der Waals surface area contributed by atoms with E-state index in [1.54, 1.807) is 7.05 Å². The molecule has 1 aromatic carbocycles. The number of benzene rings is 1. The number of methoxy groups -OCH3 is 1. The average Bonchev–Trinajstić information content (AvgIpc) is 2.85. The number of nitrogens with zero attached hydrogens (tertiary/aromatic N) is 2. The summed E-state index contributed by atoms with van der Waals surface area (Å²) in [7, 11) is 3.09. The van der Waals surface area contributed by atoms with Crippen LogP contribution in [-0.2, 0) is 6.54 Å². The van der Waals surface area contributed by atoms with Gasteiger partial charge in [-0.3, -0.25) is 0 Å². The zero-order valence-corrected chi connectivity index (χ0v) is 12.8. The van der Waals surface area contributed by atoms with Gasteiger partial charge >= 0.3 is 6.03 Å². The van der Waals surface area contributed by atoms with Crippen molar-refractivity contribution < 1.29 is 13.9 Å². The number of carbonyl (C=O) groups excluding carboxylic acids is 1. The molecule has 7 heteroatoms. The minimum atomic E-state index is -0.420. The summed E-state index contributed by atoms with van der Waals surface area (Å²) in [6.07, 6.45) is 0. The van der Waals surface area contributed by atoms with Gasteiger partial charge in [0.1, 0.15) is 11.6 Å². The maximum absolute atomic E-state index is 13.1. The van der Waals surface area contributed by atoms with Gasteiger partial charge in [-0.15, -0.1) is 11.3 Å². The van der Waals surface area contributed by atoms with Crippen LogP contribution in [0.1, 0.15) is 10.7 Å². The highest BCUT2D eigenvalue weighted by molar-refractivity contribution is 7.09. The maximum Gasteiger partial charge on any atom is 0.322 e. The van der Waals surface area contributed by atoms with Gasteiger partial charge < -0.3 is 15.0 Å². The van der Waals surface area contributed by atoms with Crippen molar-refractivity contribution in [3.05, 3.63) is 40.1 Å². The molecule has 0 radical (unpaired) electrons. The van der Waals surface area contributed by atoms with E-state index in [0.29, 0.717) is 12.2 Å². The minimum absolute atomic E-state index is 0.279. The molecule has 21 heavy (non-hydrogen) atoms. The monoisotopic (exact) mass is 309 g/mol. The fourth-order valence-electron chi connectivity index (χ4n) is 1.77. The molecule has 2 amide bonds. The number of carbonyl (C=O) groups is 1. The lowest BCUT2D eigenvalue weighted by molar-refractivity contribution is 0.220. The number of halogens is 1. The zero-order chi connectivity index (χ0) is 15.4. The van der Waals surface area contributed by atoms with Gasteiger partial charge in [0.05, 0.1) is 30.0 Å². The lowest BCUT2D eigenvalue weighted by Gasteiger charge is -2.18. The summed E-state index contributed by atoms with van der Waals surface area (Å²) in [5.41, 5.74) is 1.26. The summed E-state index contributed by atoms with van der Waals surface area (Å²) < 4.78 is 18.2. The first-order valence-corrected chi connectivity index (χ1v) is 7.14. The highest BCUT2D eigenvalue weighted by Crippen LogP contribution is 2.25. The minimum Gasteiger partial charge on any atom is -0.494 e. The third-order valence-corrected chi connectivity index (χ3v) is 3.64. The largest absolute Gasteiger partial charge is 0.494 e. The Kier molecular flexibility index (Phi) is 4.74. The highest BCUT2D eigenvalue weighted by Gasteiger charge is 2.13. The molecule has 0 fully saturated rings. The lowest BCUT2D eigenvalue weighted by Crippen LogP contribution is -2.31. The van der Waals surface area contributed by atoms with Gasteiger partial charge in [0, 0.05) is 18.5 Å². The van der Waals surface area contributed by atoms with Gasteiger partial charge in [-0.1, -0.05) is 0 Å². The Labute approximate surface area is 126 Å². The van der Waals surface area contributed by atoms with E-state index in [9.17, 15) is 9.18 Å². The van der Waals surface area contributed by atoms with Crippen LogP contribution in [0.5, 0.6) is 5.75 Å². The van der Waals surface area contributed by atoms with Crippen molar-refractivity contribution in [2.24, 2.45) is 0 Å². The molecule has 112 valence electrons. The van der Waals surface area contributed by atoms with Crippen LogP contribution >= 0.6 is 11.3 Å². The molecule has 0 unspecified atom stereocenters. The van der Waals surface area contributed by atoms with Crippen LogP contribution in [0.25, 0.3) is 0 Å². The van der Waals surface area contributed by atoms with Gasteiger partial charge in [-0.25, -0.2) is 14.2 Å². The Morgan fingerprint density at radius 3 is 2.90 bits per heavy atom. The van der Waals surface area contributed by atoms with Gasteiger partial charge in [-0.05, 0) is 19.1 Å². The molecule has 1 N–H and O–H groups in total. The first-order chi connectivity index (χ1) is 9.99.